The summed E-state index contributed by atoms with van der Waals surface area (Å²) in [5.41, 5.74) is 2.16. The zero-order valence-corrected chi connectivity index (χ0v) is 20.0. The van der Waals surface area contributed by atoms with Crippen LogP contribution in [0.25, 0.3) is 6.08 Å². The van der Waals surface area contributed by atoms with Gasteiger partial charge in [0.05, 0.1) is 23.8 Å². The van der Waals surface area contributed by atoms with Gasteiger partial charge < -0.3 is 4.74 Å². The Bertz CT molecular complexity index is 1010. The first kappa shape index (κ1) is 23.6. The Kier molecular flexibility index (Phi) is 7.60. The number of hydrogen-bond acceptors (Lipinski definition) is 4. The molecule has 0 aromatic heterocycles. The molecule has 0 unspecified atom stereocenters. The molecular weight excluding hydrogens is 406 g/mol. The molecule has 0 aliphatic carbocycles. The minimum atomic E-state index is -3.49. The van der Waals surface area contributed by atoms with E-state index in [0.29, 0.717) is 10.6 Å². The van der Waals surface area contributed by atoms with E-state index in [4.69, 9.17) is 4.74 Å². The largest absolute Gasteiger partial charge is 0.496 e. The summed E-state index contributed by atoms with van der Waals surface area (Å²) in [4.78, 5) is 0.414. The third-order valence-electron chi connectivity index (χ3n) is 6.28. The summed E-state index contributed by atoms with van der Waals surface area (Å²) in [7, 11) is -1.86. The minimum absolute atomic E-state index is 0.107. The number of nitrogens with one attached hydrogen (secondary N) is 1. The molecule has 1 aliphatic heterocycles. The Morgan fingerprint density at radius 2 is 1.90 bits per heavy atom. The molecule has 0 saturated heterocycles. The van der Waals surface area contributed by atoms with E-state index in [1.54, 1.807) is 13.2 Å². The monoisotopic (exact) mass is 441 g/mol. The van der Waals surface area contributed by atoms with Crippen molar-refractivity contribution in [3.05, 3.63) is 65.2 Å². The van der Waals surface area contributed by atoms with Crippen molar-refractivity contribution in [2.75, 3.05) is 12.9 Å². The molecule has 3 rings (SSSR count). The molecule has 0 spiro atoms. The lowest BCUT2D eigenvalue weighted by Gasteiger charge is -2.36. The van der Waals surface area contributed by atoms with Gasteiger partial charge in [-0.1, -0.05) is 76.1 Å². The molecule has 2 aromatic carbocycles. The fourth-order valence-corrected chi connectivity index (χ4v) is 6.61. The molecule has 1 N–H and O–H groups in total. The summed E-state index contributed by atoms with van der Waals surface area (Å²) >= 11 is 0. The van der Waals surface area contributed by atoms with Crippen LogP contribution in [0.3, 0.4) is 0 Å². The van der Waals surface area contributed by atoms with Crippen molar-refractivity contribution in [2.45, 2.75) is 69.4 Å². The first-order valence-corrected chi connectivity index (χ1v) is 13.0. The molecule has 5 heteroatoms. The van der Waals surface area contributed by atoms with Crippen LogP contribution in [0.1, 0.15) is 75.6 Å². The standard InChI is InChI=1S/C26H35NO3S/c1-5-8-13-21-17-24-22(18-23(21)30-4)25(20-14-11-10-12-15-20)27-26(7-3,16-9-6-2)19-31(24,28)29/h8,10-15,17-18,25,27H,5-7,9,16,19H2,1-4H3/b13-8+/t25-,26-/m1/s1. The number of unbranched alkanes of at least 4 members (excludes halogenated alkanes) is 1. The van der Waals surface area contributed by atoms with Gasteiger partial charge >= 0.3 is 0 Å². The van der Waals surface area contributed by atoms with E-state index in [0.717, 1.165) is 48.8 Å². The molecule has 0 amide bonds. The van der Waals surface area contributed by atoms with Crippen LogP contribution in [0.2, 0.25) is 0 Å². The molecule has 0 saturated carbocycles. The summed E-state index contributed by atoms with van der Waals surface area (Å²) in [6.07, 6.45) is 8.46. The molecule has 1 aliphatic rings. The van der Waals surface area contributed by atoms with E-state index in [2.05, 4.69) is 38.2 Å². The van der Waals surface area contributed by atoms with Crippen LogP contribution in [-0.4, -0.2) is 26.8 Å². The maximum absolute atomic E-state index is 13.7. The van der Waals surface area contributed by atoms with Gasteiger partial charge in [-0.05, 0) is 42.5 Å². The molecule has 2 atom stereocenters. The molecule has 2 aromatic rings. The lowest BCUT2D eigenvalue weighted by molar-refractivity contribution is 0.294. The van der Waals surface area contributed by atoms with E-state index >= 15 is 0 Å². The summed E-state index contributed by atoms with van der Waals surface area (Å²) < 4.78 is 33.1. The van der Waals surface area contributed by atoms with E-state index < -0.39 is 15.4 Å². The maximum Gasteiger partial charge on any atom is 0.180 e. The van der Waals surface area contributed by atoms with Crippen molar-refractivity contribution in [3.63, 3.8) is 0 Å². The first-order valence-electron chi connectivity index (χ1n) is 11.3. The number of methoxy groups -OCH3 is 1. The normalized spacial score (nSPS) is 22.8. The number of rotatable bonds is 8. The van der Waals surface area contributed by atoms with Gasteiger partial charge in [-0.2, -0.15) is 0 Å². The van der Waals surface area contributed by atoms with Crippen LogP contribution in [0.5, 0.6) is 5.75 Å². The van der Waals surface area contributed by atoms with Crippen molar-refractivity contribution >= 4 is 15.9 Å². The Hall–Kier alpha value is -2.11. The quantitative estimate of drug-likeness (QED) is 0.552. The Labute approximate surface area is 187 Å². The number of ether oxygens (including phenoxy) is 1. The predicted molar refractivity (Wildman–Crippen MR) is 128 cm³/mol. The van der Waals surface area contributed by atoms with Gasteiger partial charge in [-0.3, -0.25) is 5.32 Å². The second-order valence-corrected chi connectivity index (χ2v) is 10.4. The van der Waals surface area contributed by atoms with Crippen molar-refractivity contribution in [1.29, 1.82) is 0 Å². The highest BCUT2D eigenvalue weighted by Gasteiger charge is 2.42. The Balaban J connectivity index is 2.27. The average molecular weight is 442 g/mol. The van der Waals surface area contributed by atoms with E-state index in [1.165, 1.54) is 0 Å². The number of hydrogen-bond donors (Lipinski definition) is 1. The number of benzene rings is 2. The van der Waals surface area contributed by atoms with Gasteiger partial charge in [0.25, 0.3) is 0 Å². The van der Waals surface area contributed by atoms with E-state index in [-0.39, 0.29) is 11.8 Å². The maximum atomic E-state index is 13.7. The van der Waals surface area contributed by atoms with Crippen LogP contribution >= 0.6 is 0 Å². The van der Waals surface area contributed by atoms with E-state index in [1.807, 2.05) is 36.4 Å². The fourth-order valence-electron chi connectivity index (χ4n) is 4.45. The second-order valence-electron chi connectivity index (χ2n) is 8.43. The third-order valence-corrected chi connectivity index (χ3v) is 8.23. The van der Waals surface area contributed by atoms with Crippen LogP contribution in [0, 0.1) is 0 Å². The summed E-state index contributed by atoms with van der Waals surface area (Å²) in [6.45, 7) is 6.29. The molecule has 0 radical (unpaired) electrons. The topological polar surface area (TPSA) is 55.4 Å². The highest BCUT2D eigenvalue weighted by atomic mass is 32.2. The van der Waals surface area contributed by atoms with Crippen molar-refractivity contribution in [2.24, 2.45) is 0 Å². The molecule has 1 heterocycles. The van der Waals surface area contributed by atoms with Gasteiger partial charge in [0.2, 0.25) is 0 Å². The first-order chi connectivity index (χ1) is 14.9. The molecule has 0 fully saturated rings. The Morgan fingerprint density at radius 3 is 2.52 bits per heavy atom. The van der Waals surface area contributed by atoms with Crippen molar-refractivity contribution in [3.8, 4) is 5.75 Å². The van der Waals surface area contributed by atoms with Crippen LogP contribution in [-0.2, 0) is 9.84 Å². The van der Waals surface area contributed by atoms with Gasteiger partial charge in [0.15, 0.2) is 9.84 Å². The van der Waals surface area contributed by atoms with Crippen LogP contribution in [0.15, 0.2) is 53.4 Å². The van der Waals surface area contributed by atoms with Crippen molar-refractivity contribution < 1.29 is 13.2 Å². The lowest BCUT2D eigenvalue weighted by Crippen LogP contribution is -2.50. The molecule has 4 nitrogen and oxygen atoms in total. The van der Waals surface area contributed by atoms with Gasteiger partial charge in [-0.15, -0.1) is 0 Å². The Morgan fingerprint density at radius 1 is 1.16 bits per heavy atom. The SMILES string of the molecule is CC/C=C/c1cc2c(cc1OC)[C@@H](c1ccccc1)N[C@](CC)(CCCC)CS2(=O)=O. The number of sulfone groups is 1. The summed E-state index contributed by atoms with van der Waals surface area (Å²) in [6, 6.07) is 13.6. The zero-order valence-electron chi connectivity index (χ0n) is 19.1. The van der Waals surface area contributed by atoms with Crippen LogP contribution < -0.4 is 10.1 Å². The van der Waals surface area contributed by atoms with Crippen molar-refractivity contribution in [1.82, 2.24) is 5.32 Å². The van der Waals surface area contributed by atoms with E-state index in [9.17, 15) is 8.42 Å². The number of fused-ring (bicyclic) bond motifs is 1. The highest BCUT2D eigenvalue weighted by molar-refractivity contribution is 7.91. The average Bonchev–Trinajstić information content (AvgIpc) is 2.88. The molecule has 0 bridgehead atoms. The van der Waals surface area contributed by atoms with Crippen LogP contribution in [0.4, 0.5) is 0 Å². The summed E-state index contributed by atoms with van der Waals surface area (Å²) in [5.74, 6) is 0.801. The molecule has 31 heavy (non-hydrogen) atoms. The van der Waals surface area contributed by atoms with Gasteiger partial charge in [0.1, 0.15) is 5.75 Å². The zero-order chi connectivity index (χ0) is 22.5. The number of allylic oxidation sites excluding steroid dienone is 1. The fraction of sp³-hybridized carbons (Fsp3) is 0.462. The molecule has 168 valence electrons. The lowest BCUT2D eigenvalue weighted by atomic mass is 9.88. The van der Waals surface area contributed by atoms with Gasteiger partial charge in [0, 0.05) is 11.1 Å². The smallest absolute Gasteiger partial charge is 0.180 e. The highest BCUT2D eigenvalue weighted by Crippen LogP contribution is 2.41. The summed E-state index contributed by atoms with van der Waals surface area (Å²) in [5, 5.41) is 3.80. The van der Waals surface area contributed by atoms with Gasteiger partial charge in [-0.25, -0.2) is 8.42 Å². The third kappa shape index (κ3) is 5.04. The minimum Gasteiger partial charge on any atom is -0.496 e. The predicted octanol–water partition coefficient (Wildman–Crippen LogP) is 5.92. The second kappa shape index (κ2) is 10.0. The molecular formula is C26H35NO3S.